The van der Waals surface area contributed by atoms with Crippen molar-refractivity contribution in [3.63, 3.8) is 0 Å². The first-order valence-electron chi connectivity index (χ1n) is 2.89. The van der Waals surface area contributed by atoms with Crippen LogP contribution < -0.4 is 5.43 Å². The molecule has 0 spiro atoms. The smallest absolute Gasteiger partial charge is 0.0975 e. The molecule has 3 heteroatoms. The Balaban J connectivity index is 1.90. The van der Waals surface area contributed by atoms with Gasteiger partial charge in [0.25, 0.3) is 0 Å². The van der Waals surface area contributed by atoms with E-state index in [2.05, 4.69) is 10.5 Å². The molecule has 2 aliphatic rings. The van der Waals surface area contributed by atoms with Gasteiger partial charge in [-0.15, -0.1) is 0 Å². The maximum atomic E-state index is 3.91. The van der Waals surface area contributed by atoms with E-state index in [1.165, 1.54) is 12.8 Å². The second kappa shape index (κ2) is 1.65. The van der Waals surface area contributed by atoms with Crippen molar-refractivity contribution in [3.05, 3.63) is 0 Å². The van der Waals surface area contributed by atoms with Crippen LogP contribution in [0.15, 0.2) is 5.10 Å². The van der Waals surface area contributed by atoms with Gasteiger partial charge in [0, 0.05) is 0 Å². The Bertz CT molecular complexity index is 112. The standard InChI is InChI=1S/C5H8N2S/c1-2-4(1)5-7-6-3-8-5/h3-5,7H,1-2H2. The average molecular weight is 128 g/mol. The van der Waals surface area contributed by atoms with E-state index in [4.69, 9.17) is 0 Å². The number of hydrazone groups is 1. The molecule has 1 aliphatic heterocycles. The first-order chi connectivity index (χ1) is 3.97. The highest BCUT2D eigenvalue weighted by atomic mass is 32.2. The van der Waals surface area contributed by atoms with Gasteiger partial charge in [-0.3, -0.25) is 5.43 Å². The zero-order chi connectivity index (χ0) is 5.40. The monoisotopic (exact) mass is 128 g/mol. The van der Waals surface area contributed by atoms with Crippen LogP contribution in [0.4, 0.5) is 0 Å². The van der Waals surface area contributed by atoms with E-state index in [9.17, 15) is 0 Å². The highest BCUT2D eigenvalue weighted by Gasteiger charge is 2.32. The minimum Gasteiger partial charge on any atom is -0.296 e. The van der Waals surface area contributed by atoms with Crippen molar-refractivity contribution in [1.82, 2.24) is 5.43 Å². The van der Waals surface area contributed by atoms with Crippen molar-refractivity contribution in [2.24, 2.45) is 11.0 Å². The summed E-state index contributed by atoms with van der Waals surface area (Å²) in [6, 6.07) is 0. The molecule has 0 amide bonds. The quantitative estimate of drug-likeness (QED) is 0.569. The first-order valence-corrected chi connectivity index (χ1v) is 3.83. The first kappa shape index (κ1) is 4.68. The van der Waals surface area contributed by atoms with Crippen molar-refractivity contribution in [2.75, 3.05) is 0 Å². The van der Waals surface area contributed by atoms with Gasteiger partial charge in [0.15, 0.2) is 0 Å². The Morgan fingerprint density at radius 2 is 2.50 bits per heavy atom. The van der Waals surface area contributed by atoms with Gasteiger partial charge >= 0.3 is 0 Å². The van der Waals surface area contributed by atoms with Crippen molar-refractivity contribution in [2.45, 2.75) is 18.2 Å². The van der Waals surface area contributed by atoms with E-state index in [-0.39, 0.29) is 0 Å². The van der Waals surface area contributed by atoms with Gasteiger partial charge in [-0.2, -0.15) is 5.10 Å². The number of hydrogen-bond donors (Lipinski definition) is 1. The van der Waals surface area contributed by atoms with Crippen LogP contribution in [0, 0.1) is 5.92 Å². The summed E-state index contributed by atoms with van der Waals surface area (Å²) < 4.78 is 0. The van der Waals surface area contributed by atoms with Crippen molar-refractivity contribution in [1.29, 1.82) is 0 Å². The third-order valence-corrected chi connectivity index (χ3v) is 2.52. The molecular formula is C5H8N2S. The third-order valence-electron chi connectivity index (χ3n) is 1.51. The van der Waals surface area contributed by atoms with Crippen LogP contribution in [0.5, 0.6) is 0 Å². The molecule has 1 fully saturated rings. The second-order valence-electron chi connectivity index (χ2n) is 2.26. The van der Waals surface area contributed by atoms with Gasteiger partial charge in [-0.25, -0.2) is 0 Å². The van der Waals surface area contributed by atoms with Crippen molar-refractivity contribution >= 4 is 17.3 Å². The molecular weight excluding hydrogens is 120 g/mol. The summed E-state index contributed by atoms with van der Waals surface area (Å²) in [5.74, 6) is 0.919. The average Bonchev–Trinajstić information content (AvgIpc) is 2.49. The Labute approximate surface area is 52.7 Å². The normalized spacial score (nSPS) is 35.2. The summed E-state index contributed by atoms with van der Waals surface area (Å²) in [6.45, 7) is 0. The van der Waals surface area contributed by atoms with Crippen molar-refractivity contribution in [3.8, 4) is 0 Å². The van der Waals surface area contributed by atoms with Crippen LogP contribution in [0.3, 0.4) is 0 Å². The number of nitrogens with one attached hydrogen (secondary N) is 1. The molecule has 1 saturated carbocycles. The van der Waals surface area contributed by atoms with Crippen LogP contribution in [0.2, 0.25) is 0 Å². The van der Waals surface area contributed by atoms with E-state index in [1.54, 1.807) is 0 Å². The van der Waals surface area contributed by atoms with Crippen molar-refractivity contribution < 1.29 is 0 Å². The number of thioether (sulfide) groups is 1. The summed E-state index contributed by atoms with van der Waals surface area (Å²) in [5, 5.41) is 4.53. The molecule has 2 rings (SSSR count). The summed E-state index contributed by atoms with van der Waals surface area (Å²) in [6.07, 6.45) is 2.79. The maximum absolute atomic E-state index is 3.91. The summed E-state index contributed by atoms with van der Waals surface area (Å²) in [7, 11) is 0. The van der Waals surface area contributed by atoms with Crippen LogP contribution in [0.25, 0.3) is 0 Å². The molecule has 44 valence electrons. The van der Waals surface area contributed by atoms with E-state index in [1.807, 2.05) is 17.3 Å². The van der Waals surface area contributed by atoms with Gasteiger partial charge in [0.2, 0.25) is 0 Å². The van der Waals surface area contributed by atoms with E-state index >= 15 is 0 Å². The predicted octanol–water partition coefficient (Wildman–Crippen LogP) is 1.00. The fourth-order valence-corrected chi connectivity index (χ4v) is 1.71. The van der Waals surface area contributed by atoms with Crippen LogP contribution in [-0.4, -0.2) is 10.9 Å². The molecule has 1 unspecified atom stereocenters. The molecule has 0 aromatic rings. The van der Waals surface area contributed by atoms with Crippen LogP contribution in [-0.2, 0) is 0 Å². The molecule has 1 heterocycles. The van der Waals surface area contributed by atoms with Gasteiger partial charge in [-0.05, 0) is 18.8 Å². The molecule has 0 radical (unpaired) electrons. The molecule has 0 aromatic heterocycles. The minimum atomic E-state index is 0.620. The molecule has 0 aromatic carbocycles. The zero-order valence-corrected chi connectivity index (χ0v) is 5.32. The number of rotatable bonds is 1. The lowest BCUT2D eigenvalue weighted by Crippen LogP contribution is -2.17. The van der Waals surface area contributed by atoms with Gasteiger partial charge in [-0.1, -0.05) is 11.8 Å². The lowest BCUT2D eigenvalue weighted by Gasteiger charge is -2.03. The Morgan fingerprint density at radius 3 is 3.00 bits per heavy atom. The summed E-state index contributed by atoms with van der Waals surface area (Å²) >= 11 is 1.81. The lowest BCUT2D eigenvalue weighted by molar-refractivity contribution is 0.638. The van der Waals surface area contributed by atoms with E-state index in [0.717, 1.165) is 5.92 Å². The molecule has 1 aliphatic carbocycles. The molecule has 2 nitrogen and oxygen atoms in total. The zero-order valence-electron chi connectivity index (χ0n) is 4.50. The highest BCUT2D eigenvalue weighted by molar-refractivity contribution is 8.12. The van der Waals surface area contributed by atoms with Gasteiger partial charge < -0.3 is 0 Å². The maximum Gasteiger partial charge on any atom is 0.0975 e. The second-order valence-corrected chi connectivity index (χ2v) is 3.25. The summed E-state index contributed by atoms with van der Waals surface area (Å²) in [4.78, 5) is 0. The van der Waals surface area contributed by atoms with Gasteiger partial charge in [0.1, 0.15) is 0 Å². The van der Waals surface area contributed by atoms with Crippen LogP contribution >= 0.6 is 11.8 Å². The predicted molar refractivity (Wildman–Crippen MR) is 35.7 cm³/mol. The Kier molecular flexibility index (Phi) is 0.966. The fraction of sp³-hybridized carbons (Fsp3) is 0.800. The lowest BCUT2D eigenvalue weighted by atomic mass is 10.4. The third kappa shape index (κ3) is 0.708. The molecule has 0 saturated heterocycles. The van der Waals surface area contributed by atoms with Gasteiger partial charge in [0.05, 0.1) is 10.9 Å². The topological polar surface area (TPSA) is 24.4 Å². The summed E-state index contributed by atoms with van der Waals surface area (Å²) in [5.41, 5.74) is 4.94. The van der Waals surface area contributed by atoms with E-state index in [0.29, 0.717) is 5.37 Å². The largest absolute Gasteiger partial charge is 0.296 e. The Morgan fingerprint density at radius 1 is 1.62 bits per heavy atom. The van der Waals surface area contributed by atoms with Crippen LogP contribution in [0.1, 0.15) is 12.8 Å². The minimum absolute atomic E-state index is 0.620. The fourth-order valence-electron chi connectivity index (χ4n) is 0.846. The number of nitrogens with zero attached hydrogens (tertiary/aromatic N) is 1. The highest BCUT2D eigenvalue weighted by Crippen LogP contribution is 2.38. The SMILES string of the molecule is C1=NNC(C2CC2)S1. The van der Waals surface area contributed by atoms with E-state index < -0.39 is 0 Å². The molecule has 8 heavy (non-hydrogen) atoms. The molecule has 0 bridgehead atoms. The Hall–Kier alpha value is -0.180. The molecule has 1 atom stereocenters. The molecule has 1 N–H and O–H groups in total. The number of hydrogen-bond acceptors (Lipinski definition) is 3.